The number of carbonyl (C=O) groups is 3. The standard InChI is InChI=1S/C25H29N3O3/c1-18-10-9-11-19(2)28(18)22(29)17-27-23(30)25(26-24(27)31,21-14-7-4-8-15-21)16-20-12-5-3-6-13-20/h3-8,12-15,18-19H,9-11,16-17H2,1-2H3,(H,26,31)/t18-,19-,25+/m0/s1. The molecule has 2 heterocycles. The van der Waals surface area contributed by atoms with Crippen LogP contribution in [0.2, 0.25) is 0 Å². The predicted octanol–water partition coefficient (Wildman–Crippen LogP) is 3.47. The van der Waals surface area contributed by atoms with Crippen molar-refractivity contribution in [1.82, 2.24) is 15.1 Å². The Balaban J connectivity index is 1.63. The highest BCUT2D eigenvalue weighted by atomic mass is 16.2. The quantitative estimate of drug-likeness (QED) is 0.755. The van der Waals surface area contributed by atoms with Gasteiger partial charge in [0, 0.05) is 18.5 Å². The molecule has 0 saturated carbocycles. The van der Waals surface area contributed by atoms with Gasteiger partial charge < -0.3 is 10.2 Å². The molecule has 2 saturated heterocycles. The van der Waals surface area contributed by atoms with E-state index in [0.717, 1.165) is 29.7 Å². The predicted molar refractivity (Wildman–Crippen MR) is 118 cm³/mol. The van der Waals surface area contributed by atoms with Gasteiger partial charge in [-0.25, -0.2) is 4.79 Å². The van der Waals surface area contributed by atoms with Crippen LogP contribution in [0.4, 0.5) is 4.79 Å². The van der Waals surface area contributed by atoms with Gasteiger partial charge in [-0.1, -0.05) is 60.7 Å². The fourth-order valence-electron chi connectivity index (χ4n) is 4.94. The SMILES string of the molecule is C[C@H]1CCC[C@H](C)N1C(=O)CN1C(=O)N[C@](Cc2ccccc2)(c2ccccc2)C1=O. The van der Waals surface area contributed by atoms with Crippen LogP contribution in [0, 0.1) is 0 Å². The molecule has 6 nitrogen and oxygen atoms in total. The van der Waals surface area contributed by atoms with Gasteiger partial charge in [0.1, 0.15) is 6.54 Å². The highest BCUT2D eigenvalue weighted by molar-refractivity contribution is 6.09. The molecule has 31 heavy (non-hydrogen) atoms. The largest absolute Gasteiger partial charge is 0.336 e. The number of nitrogens with one attached hydrogen (secondary N) is 1. The van der Waals surface area contributed by atoms with Crippen molar-refractivity contribution < 1.29 is 14.4 Å². The maximum Gasteiger partial charge on any atom is 0.325 e. The molecule has 1 N–H and O–H groups in total. The van der Waals surface area contributed by atoms with E-state index in [1.165, 1.54) is 0 Å². The molecule has 0 aromatic heterocycles. The first-order valence-electron chi connectivity index (χ1n) is 11.0. The molecule has 162 valence electrons. The van der Waals surface area contributed by atoms with Crippen molar-refractivity contribution in [3.05, 3.63) is 71.8 Å². The molecule has 4 rings (SSSR count). The van der Waals surface area contributed by atoms with Crippen molar-refractivity contribution in [2.45, 2.75) is 57.2 Å². The summed E-state index contributed by atoms with van der Waals surface area (Å²) in [4.78, 5) is 42.7. The summed E-state index contributed by atoms with van der Waals surface area (Å²) < 4.78 is 0. The number of nitrogens with zero attached hydrogens (tertiary/aromatic N) is 2. The Hall–Kier alpha value is -3.15. The molecule has 2 aromatic carbocycles. The topological polar surface area (TPSA) is 69.7 Å². The lowest BCUT2D eigenvalue weighted by molar-refractivity contribution is -0.143. The van der Waals surface area contributed by atoms with Crippen molar-refractivity contribution in [3.8, 4) is 0 Å². The summed E-state index contributed by atoms with van der Waals surface area (Å²) in [6.07, 6.45) is 3.30. The molecule has 0 spiro atoms. The van der Waals surface area contributed by atoms with E-state index in [1.807, 2.05) is 79.4 Å². The number of carbonyl (C=O) groups excluding carboxylic acids is 3. The maximum atomic E-state index is 13.7. The number of urea groups is 1. The summed E-state index contributed by atoms with van der Waals surface area (Å²) in [5, 5.41) is 2.93. The van der Waals surface area contributed by atoms with Gasteiger partial charge in [-0.05, 0) is 44.2 Å². The summed E-state index contributed by atoms with van der Waals surface area (Å²) in [5.41, 5.74) is 0.428. The van der Waals surface area contributed by atoms with Crippen molar-refractivity contribution >= 4 is 17.8 Å². The molecule has 4 amide bonds. The van der Waals surface area contributed by atoms with E-state index in [2.05, 4.69) is 5.32 Å². The minimum Gasteiger partial charge on any atom is -0.336 e. The molecule has 2 aromatic rings. The van der Waals surface area contributed by atoms with Crippen molar-refractivity contribution in [2.75, 3.05) is 6.54 Å². The molecule has 0 bridgehead atoms. The van der Waals surface area contributed by atoms with Gasteiger partial charge in [0.2, 0.25) is 5.91 Å². The fraction of sp³-hybridized carbons (Fsp3) is 0.400. The first kappa shape index (κ1) is 21.1. The second-order valence-corrected chi connectivity index (χ2v) is 8.69. The monoisotopic (exact) mass is 419 g/mol. The van der Waals surface area contributed by atoms with E-state index < -0.39 is 11.6 Å². The van der Waals surface area contributed by atoms with Crippen LogP contribution in [0.5, 0.6) is 0 Å². The minimum absolute atomic E-state index is 0.111. The number of amides is 4. The van der Waals surface area contributed by atoms with Crippen molar-refractivity contribution in [2.24, 2.45) is 0 Å². The molecular weight excluding hydrogens is 390 g/mol. The van der Waals surface area contributed by atoms with E-state index in [0.29, 0.717) is 12.0 Å². The zero-order valence-corrected chi connectivity index (χ0v) is 18.1. The van der Waals surface area contributed by atoms with Gasteiger partial charge in [-0.3, -0.25) is 14.5 Å². The molecule has 2 fully saturated rings. The normalized spacial score (nSPS) is 26.1. The molecule has 3 atom stereocenters. The minimum atomic E-state index is -1.22. The summed E-state index contributed by atoms with van der Waals surface area (Å²) in [5.74, 6) is -0.551. The van der Waals surface area contributed by atoms with E-state index in [1.54, 1.807) is 0 Å². The van der Waals surface area contributed by atoms with Gasteiger partial charge in [-0.15, -0.1) is 0 Å². The third-order valence-electron chi connectivity index (χ3n) is 6.53. The first-order chi connectivity index (χ1) is 14.9. The third-order valence-corrected chi connectivity index (χ3v) is 6.53. The fourth-order valence-corrected chi connectivity index (χ4v) is 4.94. The molecule has 6 heteroatoms. The Morgan fingerprint density at radius 3 is 2.16 bits per heavy atom. The zero-order valence-electron chi connectivity index (χ0n) is 18.1. The Bertz CT molecular complexity index is 952. The Morgan fingerprint density at radius 2 is 1.55 bits per heavy atom. The summed E-state index contributed by atoms with van der Waals surface area (Å²) in [6, 6.07) is 18.6. The number of benzene rings is 2. The van der Waals surface area contributed by atoms with Gasteiger partial charge in [0.25, 0.3) is 5.91 Å². The molecule has 0 radical (unpaired) electrons. The van der Waals surface area contributed by atoms with Crippen molar-refractivity contribution in [1.29, 1.82) is 0 Å². The van der Waals surface area contributed by atoms with Crippen LogP contribution in [-0.4, -0.2) is 46.3 Å². The lowest BCUT2D eigenvalue weighted by Crippen LogP contribution is -2.52. The van der Waals surface area contributed by atoms with Crippen LogP contribution in [-0.2, 0) is 21.5 Å². The number of piperidine rings is 1. The van der Waals surface area contributed by atoms with Crippen LogP contribution >= 0.6 is 0 Å². The molecule has 0 unspecified atom stereocenters. The number of rotatable bonds is 5. The third kappa shape index (κ3) is 3.94. The summed E-state index contributed by atoms with van der Waals surface area (Å²) in [6.45, 7) is 3.83. The maximum absolute atomic E-state index is 13.7. The zero-order chi connectivity index (χ0) is 22.0. The molecular formula is C25H29N3O3. The summed E-state index contributed by atoms with van der Waals surface area (Å²) in [7, 11) is 0. The number of hydrogen-bond donors (Lipinski definition) is 1. The second-order valence-electron chi connectivity index (χ2n) is 8.69. The van der Waals surface area contributed by atoms with E-state index in [9.17, 15) is 14.4 Å². The van der Waals surface area contributed by atoms with E-state index in [-0.39, 0.29) is 30.4 Å². The lowest BCUT2D eigenvalue weighted by atomic mass is 9.83. The highest BCUT2D eigenvalue weighted by Crippen LogP contribution is 2.33. The van der Waals surface area contributed by atoms with Gasteiger partial charge in [0.15, 0.2) is 5.54 Å². The number of imide groups is 1. The Morgan fingerprint density at radius 1 is 0.968 bits per heavy atom. The van der Waals surface area contributed by atoms with Gasteiger partial charge in [0.05, 0.1) is 0 Å². The second kappa shape index (κ2) is 8.53. The van der Waals surface area contributed by atoms with E-state index in [4.69, 9.17) is 0 Å². The van der Waals surface area contributed by atoms with Gasteiger partial charge in [-0.2, -0.15) is 0 Å². The molecule has 0 aliphatic carbocycles. The van der Waals surface area contributed by atoms with Crippen LogP contribution in [0.25, 0.3) is 0 Å². The van der Waals surface area contributed by atoms with E-state index >= 15 is 0 Å². The first-order valence-corrected chi connectivity index (χ1v) is 11.0. The lowest BCUT2D eigenvalue weighted by Gasteiger charge is -2.39. The smallest absolute Gasteiger partial charge is 0.325 e. The highest BCUT2D eigenvalue weighted by Gasteiger charge is 2.53. The number of hydrogen-bond acceptors (Lipinski definition) is 3. The Kier molecular flexibility index (Phi) is 5.81. The van der Waals surface area contributed by atoms with Crippen LogP contribution in [0.1, 0.15) is 44.2 Å². The number of likely N-dealkylation sites (tertiary alicyclic amines) is 1. The van der Waals surface area contributed by atoms with Crippen LogP contribution < -0.4 is 5.32 Å². The van der Waals surface area contributed by atoms with Crippen LogP contribution in [0.15, 0.2) is 60.7 Å². The molecule has 2 aliphatic rings. The van der Waals surface area contributed by atoms with Crippen molar-refractivity contribution in [3.63, 3.8) is 0 Å². The Labute approximate surface area is 183 Å². The summed E-state index contributed by atoms with van der Waals surface area (Å²) >= 11 is 0. The average Bonchev–Trinajstić information content (AvgIpc) is 3.00. The van der Waals surface area contributed by atoms with Crippen LogP contribution in [0.3, 0.4) is 0 Å². The average molecular weight is 420 g/mol. The molecule has 2 aliphatic heterocycles. The van der Waals surface area contributed by atoms with Gasteiger partial charge >= 0.3 is 6.03 Å².